The molecule has 0 saturated heterocycles. The van der Waals surface area contributed by atoms with Gasteiger partial charge in [-0.25, -0.2) is 0 Å². The first-order chi connectivity index (χ1) is 8.06. The van der Waals surface area contributed by atoms with Crippen LogP contribution >= 0.6 is 23.2 Å². The van der Waals surface area contributed by atoms with Crippen molar-refractivity contribution in [1.82, 2.24) is 0 Å². The number of benzene rings is 2. The molecule has 0 unspecified atom stereocenters. The second kappa shape index (κ2) is 4.73. The smallest absolute Gasteiger partial charge is 0.146 e. The van der Waals surface area contributed by atoms with Crippen LogP contribution in [0.2, 0.25) is 10.0 Å². The molecule has 0 bridgehead atoms. The summed E-state index contributed by atoms with van der Waals surface area (Å²) in [6.45, 7) is 0. The molecule has 0 saturated carbocycles. The molecule has 5 heteroatoms. The van der Waals surface area contributed by atoms with E-state index in [2.05, 4.69) is 0 Å². The van der Waals surface area contributed by atoms with Gasteiger partial charge in [-0.15, -0.1) is 0 Å². The molecule has 0 aliphatic heterocycles. The van der Waals surface area contributed by atoms with E-state index in [1.807, 2.05) is 0 Å². The highest BCUT2D eigenvalue weighted by Crippen LogP contribution is 2.36. The van der Waals surface area contributed by atoms with Gasteiger partial charge in [0.1, 0.15) is 23.0 Å². The Hall–Kier alpha value is -1.58. The van der Waals surface area contributed by atoms with Crippen molar-refractivity contribution in [3.63, 3.8) is 0 Å². The van der Waals surface area contributed by atoms with Crippen molar-refractivity contribution in [2.75, 3.05) is 0 Å². The SMILES string of the molecule is Oc1ccc(Oc2ccc(O)cc2Cl)c(Cl)c1. The average molecular weight is 271 g/mol. The predicted octanol–water partition coefficient (Wildman–Crippen LogP) is 4.20. The quantitative estimate of drug-likeness (QED) is 0.860. The predicted molar refractivity (Wildman–Crippen MR) is 66.3 cm³/mol. The zero-order valence-corrected chi connectivity index (χ0v) is 10.0. The maximum absolute atomic E-state index is 9.20. The van der Waals surface area contributed by atoms with Gasteiger partial charge in [0.25, 0.3) is 0 Å². The first-order valence-corrected chi connectivity index (χ1v) is 5.47. The number of hydrogen-bond acceptors (Lipinski definition) is 3. The number of aromatic hydroxyl groups is 2. The van der Waals surface area contributed by atoms with Gasteiger partial charge in [0.2, 0.25) is 0 Å². The monoisotopic (exact) mass is 270 g/mol. The van der Waals surface area contributed by atoms with E-state index >= 15 is 0 Å². The lowest BCUT2D eigenvalue weighted by atomic mass is 10.3. The number of hydrogen-bond donors (Lipinski definition) is 2. The zero-order chi connectivity index (χ0) is 12.4. The highest BCUT2D eigenvalue weighted by atomic mass is 35.5. The van der Waals surface area contributed by atoms with Crippen molar-refractivity contribution in [2.24, 2.45) is 0 Å². The minimum absolute atomic E-state index is 0.0548. The fraction of sp³-hybridized carbons (Fsp3) is 0. The fourth-order valence-electron chi connectivity index (χ4n) is 1.26. The first kappa shape index (κ1) is 11.9. The minimum Gasteiger partial charge on any atom is -0.508 e. The highest BCUT2D eigenvalue weighted by molar-refractivity contribution is 6.33. The van der Waals surface area contributed by atoms with E-state index in [1.54, 1.807) is 0 Å². The molecule has 0 heterocycles. The van der Waals surface area contributed by atoms with Crippen LogP contribution in [0.1, 0.15) is 0 Å². The molecule has 3 nitrogen and oxygen atoms in total. The van der Waals surface area contributed by atoms with Gasteiger partial charge < -0.3 is 14.9 Å². The summed E-state index contributed by atoms with van der Waals surface area (Å²) in [7, 11) is 0. The van der Waals surface area contributed by atoms with Gasteiger partial charge in [-0.2, -0.15) is 0 Å². The molecule has 0 aliphatic rings. The van der Waals surface area contributed by atoms with E-state index in [1.165, 1.54) is 36.4 Å². The molecular formula is C12H8Cl2O3. The average Bonchev–Trinajstić information content (AvgIpc) is 2.25. The number of halogens is 2. The van der Waals surface area contributed by atoms with E-state index in [-0.39, 0.29) is 21.5 Å². The van der Waals surface area contributed by atoms with Crippen molar-refractivity contribution in [3.8, 4) is 23.0 Å². The summed E-state index contributed by atoms with van der Waals surface area (Å²) < 4.78 is 5.46. The molecule has 0 spiro atoms. The van der Waals surface area contributed by atoms with Crippen molar-refractivity contribution in [3.05, 3.63) is 46.4 Å². The molecule has 88 valence electrons. The number of phenols is 2. The first-order valence-electron chi connectivity index (χ1n) is 4.71. The summed E-state index contributed by atoms with van der Waals surface area (Å²) >= 11 is 11.8. The Morgan fingerprint density at radius 1 is 0.765 bits per heavy atom. The summed E-state index contributed by atoms with van der Waals surface area (Å²) in [6.07, 6.45) is 0. The van der Waals surface area contributed by atoms with Crippen LogP contribution in [-0.4, -0.2) is 10.2 Å². The van der Waals surface area contributed by atoms with Gasteiger partial charge >= 0.3 is 0 Å². The van der Waals surface area contributed by atoms with Crippen LogP contribution in [0.5, 0.6) is 23.0 Å². The molecule has 0 aliphatic carbocycles. The van der Waals surface area contributed by atoms with Crippen LogP contribution in [0, 0.1) is 0 Å². The Balaban J connectivity index is 2.31. The Kier molecular flexibility index (Phi) is 3.31. The fourth-order valence-corrected chi connectivity index (χ4v) is 1.69. The zero-order valence-electron chi connectivity index (χ0n) is 8.52. The van der Waals surface area contributed by atoms with Gasteiger partial charge in [-0.05, 0) is 24.3 Å². The number of ether oxygens (including phenoxy) is 1. The third-order valence-electron chi connectivity index (χ3n) is 2.05. The van der Waals surface area contributed by atoms with E-state index in [4.69, 9.17) is 27.9 Å². The van der Waals surface area contributed by atoms with E-state index in [9.17, 15) is 10.2 Å². The van der Waals surface area contributed by atoms with Gasteiger partial charge in [0.15, 0.2) is 0 Å². The summed E-state index contributed by atoms with van der Waals surface area (Å²) in [4.78, 5) is 0. The molecule has 0 aromatic heterocycles. The summed E-state index contributed by atoms with van der Waals surface area (Å²) in [6, 6.07) is 8.70. The maximum Gasteiger partial charge on any atom is 0.146 e. The maximum atomic E-state index is 9.20. The topological polar surface area (TPSA) is 49.7 Å². The molecule has 2 rings (SSSR count). The lowest BCUT2D eigenvalue weighted by Crippen LogP contribution is -1.86. The minimum atomic E-state index is 0.0548. The van der Waals surface area contributed by atoms with Crippen LogP contribution in [0.25, 0.3) is 0 Å². The lowest BCUT2D eigenvalue weighted by molar-refractivity contribution is 0.459. The Labute approximate surface area is 108 Å². The molecule has 2 aromatic carbocycles. The van der Waals surface area contributed by atoms with Gasteiger partial charge in [-0.3, -0.25) is 0 Å². The van der Waals surface area contributed by atoms with Crippen molar-refractivity contribution in [2.45, 2.75) is 0 Å². The van der Waals surface area contributed by atoms with Crippen LogP contribution in [0.3, 0.4) is 0 Å². The summed E-state index contributed by atoms with van der Waals surface area (Å²) in [5.74, 6) is 0.854. The van der Waals surface area contributed by atoms with E-state index in [0.29, 0.717) is 11.5 Å². The molecular weight excluding hydrogens is 263 g/mol. The van der Waals surface area contributed by atoms with Gasteiger partial charge in [-0.1, -0.05) is 23.2 Å². The molecule has 0 atom stereocenters. The molecule has 17 heavy (non-hydrogen) atoms. The van der Waals surface area contributed by atoms with Crippen molar-refractivity contribution < 1.29 is 14.9 Å². The largest absolute Gasteiger partial charge is 0.508 e. The molecule has 0 fully saturated rings. The van der Waals surface area contributed by atoms with Crippen LogP contribution in [0.4, 0.5) is 0 Å². The third-order valence-corrected chi connectivity index (χ3v) is 2.64. The van der Waals surface area contributed by atoms with Gasteiger partial charge in [0, 0.05) is 12.1 Å². The molecule has 0 radical (unpaired) electrons. The van der Waals surface area contributed by atoms with Crippen LogP contribution in [-0.2, 0) is 0 Å². The molecule has 0 amide bonds. The van der Waals surface area contributed by atoms with Crippen molar-refractivity contribution >= 4 is 23.2 Å². The second-order valence-electron chi connectivity index (χ2n) is 3.33. The molecule has 2 N–H and O–H groups in total. The van der Waals surface area contributed by atoms with E-state index in [0.717, 1.165) is 0 Å². The highest BCUT2D eigenvalue weighted by Gasteiger charge is 2.07. The normalized spacial score (nSPS) is 10.2. The molecule has 2 aromatic rings. The summed E-state index contributed by atoms with van der Waals surface area (Å²) in [5.41, 5.74) is 0. The van der Waals surface area contributed by atoms with E-state index < -0.39 is 0 Å². The summed E-state index contributed by atoms with van der Waals surface area (Å²) in [5, 5.41) is 18.9. The third kappa shape index (κ3) is 2.75. The van der Waals surface area contributed by atoms with Crippen molar-refractivity contribution in [1.29, 1.82) is 0 Å². The number of rotatable bonds is 2. The standard InChI is InChI=1S/C12H8Cl2O3/c13-9-5-7(15)1-3-11(9)17-12-4-2-8(16)6-10(12)14/h1-6,15-16H. The Bertz CT molecular complexity index is 506. The Morgan fingerprint density at radius 3 is 1.53 bits per heavy atom. The van der Waals surface area contributed by atoms with Crippen LogP contribution in [0.15, 0.2) is 36.4 Å². The Morgan fingerprint density at radius 2 is 1.18 bits per heavy atom. The van der Waals surface area contributed by atoms with Gasteiger partial charge in [0.05, 0.1) is 10.0 Å². The second-order valence-corrected chi connectivity index (χ2v) is 4.15. The lowest BCUT2D eigenvalue weighted by Gasteiger charge is -2.09. The van der Waals surface area contributed by atoms with Crippen LogP contribution < -0.4 is 4.74 Å². The number of phenolic OH excluding ortho intramolecular Hbond substituents is 2.